The molecule has 1 saturated heterocycles. The van der Waals surface area contributed by atoms with Crippen molar-refractivity contribution in [1.82, 2.24) is 0 Å². The van der Waals surface area contributed by atoms with Gasteiger partial charge in [0.15, 0.2) is 0 Å². The lowest BCUT2D eigenvalue weighted by atomic mass is 10.2. The topological polar surface area (TPSA) is 49.8 Å². The smallest absolute Gasteiger partial charge is 0.416 e. The van der Waals surface area contributed by atoms with Gasteiger partial charge in [-0.3, -0.25) is 0 Å². The summed E-state index contributed by atoms with van der Waals surface area (Å²) in [5.41, 5.74) is -0.608. The van der Waals surface area contributed by atoms with Gasteiger partial charge in [-0.25, -0.2) is 9.18 Å². The van der Waals surface area contributed by atoms with E-state index in [1.54, 1.807) is 0 Å². The van der Waals surface area contributed by atoms with Crippen molar-refractivity contribution in [2.75, 3.05) is 18.0 Å². The van der Waals surface area contributed by atoms with E-state index in [1.165, 1.54) is 24.3 Å². The first-order chi connectivity index (χ1) is 12.2. The van der Waals surface area contributed by atoms with Gasteiger partial charge in [0.1, 0.15) is 17.7 Å². The molecule has 0 saturated carbocycles. The van der Waals surface area contributed by atoms with Gasteiger partial charge in [0.2, 0.25) is 0 Å². The first-order valence-corrected chi connectivity index (χ1v) is 7.86. The van der Waals surface area contributed by atoms with Crippen molar-refractivity contribution in [1.29, 1.82) is 0 Å². The molecule has 8 heteroatoms. The van der Waals surface area contributed by atoms with E-state index in [1.807, 2.05) is 4.90 Å². The maximum absolute atomic E-state index is 13.8. The minimum Gasteiger partial charge on any atom is -0.489 e. The molecule has 1 fully saturated rings. The Balaban J connectivity index is 1.64. The van der Waals surface area contributed by atoms with E-state index in [2.05, 4.69) is 0 Å². The predicted octanol–water partition coefficient (Wildman–Crippen LogP) is 4.20. The molecule has 0 spiro atoms. The summed E-state index contributed by atoms with van der Waals surface area (Å²) < 4.78 is 57.2. The molecule has 26 heavy (non-hydrogen) atoms. The van der Waals surface area contributed by atoms with Crippen LogP contribution in [0.5, 0.6) is 5.75 Å². The highest BCUT2D eigenvalue weighted by atomic mass is 19.4. The van der Waals surface area contributed by atoms with Crippen molar-refractivity contribution in [2.45, 2.75) is 18.7 Å². The van der Waals surface area contributed by atoms with E-state index in [4.69, 9.17) is 9.84 Å². The summed E-state index contributed by atoms with van der Waals surface area (Å²) in [5.74, 6) is -1.82. The van der Waals surface area contributed by atoms with Crippen molar-refractivity contribution >= 4 is 11.7 Å². The number of aromatic carboxylic acids is 1. The van der Waals surface area contributed by atoms with Gasteiger partial charge in [-0.2, -0.15) is 13.2 Å². The van der Waals surface area contributed by atoms with Crippen LogP contribution in [0.1, 0.15) is 22.3 Å². The molecule has 0 amide bonds. The van der Waals surface area contributed by atoms with Crippen molar-refractivity contribution in [3.63, 3.8) is 0 Å². The molecule has 1 aliphatic heterocycles. The number of carbonyl (C=O) groups is 1. The van der Waals surface area contributed by atoms with E-state index in [9.17, 15) is 22.4 Å². The molecule has 138 valence electrons. The highest BCUT2D eigenvalue weighted by Gasteiger charge is 2.30. The normalized spacial score (nSPS) is 17.4. The number of carboxylic acids is 1. The third-order valence-electron chi connectivity index (χ3n) is 4.18. The van der Waals surface area contributed by atoms with E-state index in [0.29, 0.717) is 30.9 Å². The third kappa shape index (κ3) is 3.89. The second-order valence-electron chi connectivity index (χ2n) is 5.97. The van der Waals surface area contributed by atoms with E-state index in [0.717, 1.165) is 18.2 Å². The molecule has 1 atom stereocenters. The molecule has 2 aromatic rings. The number of halogens is 4. The standard InChI is InChI=1S/C18H15F4NO3/c19-16-9-12(3-6-15(16)17(24)25)23-8-7-14(10-23)26-13-4-1-11(2-5-13)18(20,21)22/h1-6,9,14H,7-8,10H2,(H,24,25). The number of hydrogen-bond donors (Lipinski definition) is 1. The summed E-state index contributed by atoms with van der Waals surface area (Å²) in [6.45, 7) is 0.990. The van der Waals surface area contributed by atoms with Crippen molar-refractivity contribution in [3.8, 4) is 5.75 Å². The molecular formula is C18H15F4NO3. The van der Waals surface area contributed by atoms with Crippen LogP contribution < -0.4 is 9.64 Å². The quantitative estimate of drug-likeness (QED) is 0.821. The first-order valence-electron chi connectivity index (χ1n) is 7.86. The minimum absolute atomic E-state index is 0.256. The van der Waals surface area contributed by atoms with E-state index >= 15 is 0 Å². The highest BCUT2D eigenvalue weighted by Crippen LogP contribution is 2.31. The number of alkyl halides is 3. The number of hydrogen-bond acceptors (Lipinski definition) is 3. The average Bonchev–Trinajstić information content (AvgIpc) is 3.02. The lowest BCUT2D eigenvalue weighted by Crippen LogP contribution is -2.24. The molecule has 1 heterocycles. The number of ether oxygens (including phenoxy) is 1. The Labute approximate surface area is 146 Å². The largest absolute Gasteiger partial charge is 0.489 e. The Morgan fingerprint density at radius 2 is 1.85 bits per heavy atom. The van der Waals surface area contributed by atoms with Crippen LogP contribution in [-0.2, 0) is 6.18 Å². The van der Waals surface area contributed by atoms with Gasteiger partial charge in [-0.05, 0) is 42.5 Å². The van der Waals surface area contributed by atoms with Crippen LogP contribution >= 0.6 is 0 Å². The van der Waals surface area contributed by atoms with Gasteiger partial charge >= 0.3 is 12.1 Å². The Bertz CT molecular complexity index is 805. The van der Waals surface area contributed by atoms with E-state index < -0.39 is 29.1 Å². The fourth-order valence-corrected chi connectivity index (χ4v) is 2.85. The fourth-order valence-electron chi connectivity index (χ4n) is 2.85. The van der Waals surface area contributed by atoms with Crippen LogP contribution in [0, 0.1) is 5.82 Å². The van der Waals surface area contributed by atoms with Crippen LogP contribution in [0.4, 0.5) is 23.2 Å². The Morgan fingerprint density at radius 3 is 2.42 bits per heavy atom. The van der Waals surface area contributed by atoms with Crippen LogP contribution in [-0.4, -0.2) is 30.3 Å². The van der Waals surface area contributed by atoms with Crippen molar-refractivity contribution in [2.24, 2.45) is 0 Å². The monoisotopic (exact) mass is 369 g/mol. The Hall–Kier alpha value is -2.77. The maximum Gasteiger partial charge on any atom is 0.416 e. The number of anilines is 1. The zero-order chi connectivity index (χ0) is 18.9. The van der Waals surface area contributed by atoms with Crippen LogP contribution in [0.15, 0.2) is 42.5 Å². The predicted molar refractivity (Wildman–Crippen MR) is 86.0 cm³/mol. The number of rotatable bonds is 4. The summed E-state index contributed by atoms with van der Waals surface area (Å²) in [5, 5.41) is 8.85. The molecule has 1 N–H and O–H groups in total. The van der Waals surface area contributed by atoms with Crippen LogP contribution in [0.2, 0.25) is 0 Å². The molecular weight excluding hydrogens is 354 g/mol. The average molecular weight is 369 g/mol. The van der Waals surface area contributed by atoms with Crippen molar-refractivity contribution in [3.05, 3.63) is 59.4 Å². The molecule has 0 aliphatic carbocycles. The van der Waals surface area contributed by atoms with Crippen LogP contribution in [0.25, 0.3) is 0 Å². The maximum atomic E-state index is 13.8. The number of benzene rings is 2. The number of carboxylic acid groups (broad SMARTS) is 1. The Kier molecular flexibility index (Phi) is 4.76. The first kappa shape index (κ1) is 18.0. The van der Waals surface area contributed by atoms with Gasteiger partial charge in [0.05, 0.1) is 17.7 Å². The summed E-state index contributed by atoms with van der Waals surface area (Å²) in [6, 6.07) is 8.35. The third-order valence-corrected chi connectivity index (χ3v) is 4.18. The second kappa shape index (κ2) is 6.86. The Morgan fingerprint density at radius 1 is 1.15 bits per heavy atom. The molecule has 1 aliphatic rings. The van der Waals surface area contributed by atoms with Gasteiger partial charge < -0.3 is 14.7 Å². The molecule has 2 aromatic carbocycles. The molecule has 0 aromatic heterocycles. The molecule has 4 nitrogen and oxygen atoms in total. The molecule has 0 radical (unpaired) electrons. The zero-order valence-electron chi connectivity index (χ0n) is 13.5. The minimum atomic E-state index is -4.39. The zero-order valence-corrected chi connectivity index (χ0v) is 13.5. The molecule has 3 rings (SSSR count). The molecule has 1 unspecified atom stereocenters. The lowest BCUT2D eigenvalue weighted by Gasteiger charge is -2.19. The van der Waals surface area contributed by atoms with Gasteiger partial charge in [0.25, 0.3) is 0 Å². The summed E-state index contributed by atoms with van der Waals surface area (Å²) in [7, 11) is 0. The summed E-state index contributed by atoms with van der Waals surface area (Å²) in [4.78, 5) is 12.7. The summed E-state index contributed by atoms with van der Waals surface area (Å²) in [6.07, 6.45) is -4.04. The van der Waals surface area contributed by atoms with Gasteiger partial charge in [0, 0.05) is 18.7 Å². The van der Waals surface area contributed by atoms with Crippen LogP contribution in [0.3, 0.4) is 0 Å². The van der Waals surface area contributed by atoms with Gasteiger partial charge in [-0.1, -0.05) is 0 Å². The SMILES string of the molecule is O=C(O)c1ccc(N2CCC(Oc3ccc(C(F)(F)F)cc3)C2)cc1F. The lowest BCUT2D eigenvalue weighted by molar-refractivity contribution is -0.137. The second-order valence-corrected chi connectivity index (χ2v) is 5.97. The fraction of sp³-hybridized carbons (Fsp3) is 0.278. The summed E-state index contributed by atoms with van der Waals surface area (Å²) >= 11 is 0. The number of nitrogens with zero attached hydrogens (tertiary/aromatic N) is 1. The highest BCUT2D eigenvalue weighted by molar-refractivity contribution is 5.88. The van der Waals surface area contributed by atoms with Gasteiger partial charge in [-0.15, -0.1) is 0 Å². The van der Waals surface area contributed by atoms with Crippen molar-refractivity contribution < 1.29 is 32.2 Å². The van der Waals surface area contributed by atoms with E-state index in [-0.39, 0.29) is 6.10 Å². The molecule has 0 bridgehead atoms.